The Morgan fingerprint density at radius 1 is 0.179 bits per heavy atom. The van der Waals surface area contributed by atoms with E-state index in [0.29, 0.717) is 0 Å². The Bertz CT molecular complexity index is 3080. The van der Waals surface area contributed by atoms with E-state index in [1.54, 1.807) is 0 Å². The molecule has 0 radical (unpaired) electrons. The standard InChI is InChI=1S/C42H70O56S7.7Na/c43-15-22(50)36-85-8(1-78-99(57,58)59)29(15)92-37-23(51)16(44)31(10(86-37)3-80-101(63,64)65)94-39-25(53)18(46)33(12(88-39)5-82-103(69,70)71)96-41-27(55)20(48)35(14(90-41)7-84-105(75,76)77)98-42-28(56)21(49)34(13(91-42)6-83-104(72,73)74)97-40-26(54)19(47)32(11(89-40)4-81-102(66,67)68)95-38-24(52)17(45)30(93-36)9(87-38)2-79-100(60,61)62;;;;;;;/h8-56H,1-7H2,(H,57,58,59)(H,60,61,62)(H,63,64,65)(H,66,67,68)(H,69,70,71)(H,72,73,74)(H,75,76,77);;;;;;;/q;7*+1/p-7/t8?,9?,10?,11?,12?,13?,14?,15?,16?,17?,18?,19?,20?,21?,22?,23?,24?,25?,26?,27?,28?,29-,30-,31-,32-,33-,34-,35-,36-,37-,38-,39-,40-,41-,42+;;;;;;;/m1......./s1. The molecule has 21 fully saturated rings. The van der Waals surface area contributed by atoms with Crippen LogP contribution in [0, 0.1) is 0 Å². The molecule has 0 aromatic heterocycles. The van der Waals surface area contributed by atoms with Crippen molar-refractivity contribution in [1.82, 2.24) is 0 Å². The summed E-state index contributed by atoms with van der Waals surface area (Å²) in [6.45, 7) is -12.2. The van der Waals surface area contributed by atoms with Gasteiger partial charge in [-0.05, 0) is 0 Å². The van der Waals surface area contributed by atoms with Gasteiger partial charge in [0.25, 0.3) is 0 Å². The zero-order chi connectivity index (χ0) is 78.5. The minimum atomic E-state index is -5.94. The monoisotopic (exact) mass is 1850 g/mol. The number of rotatable bonds is 21. The molecule has 21 saturated heterocycles. The van der Waals surface area contributed by atoms with Crippen LogP contribution in [0.1, 0.15) is 0 Å². The molecule has 616 valence electrons. The van der Waals surface area contributed by atoms with Crippen LogP contribution in [0.3, 0.4) is 0 Å². The molecule has 35 atom stereocenters. The molecule has 0 aliphatic carbocycles. The van der Waals surface area contributed by atoms with Gasteiger partial charge in [-0.2, -0.15) is 0 Å². The molecule has 56 nitrogen and oxygen atoms in total. The molecule has 14 bridgehead atoms. The van der Waals surface area contributed by atoms with Crippen LogP contribution in [0.25, 0.3) is 0 Å². The van der Waals surface area contributed by atoms with E-state index in [0.717, 1.165) is 0 Å². The van der Waals surface area contributed by atoms with Crippen molar-refractivity contribution in [2.24, 2.45) is 0 Å². The first-order chi connectivity index (χ1) is 48.2. The summed E-state index contributed by atoms with van der Waals surface area (Å²) in [6.07, 6.45) is -95.2. The van der Waals surface area contributed by atoms with Gasteiger partial charge >= 0.3 is 207 Å². The fraction of sp³-hybridized carbons (Fsp3) is 1.00. The van der Waals surface area contributed by atoms with Crippen molar-refractivity contribution < 1.29 is 465 Å². The maximum Gasteiger partial charge on any atom is 1.00 e. The van der Waals surface area contributed by atoms with Crippen LogP contribution in [0.2, 0.25) is 0 Å². The number of aliphatic hydroxyl groups is 14. The smallest absolute Gasteiger partial charge is 0.726 e. The number of hydrogen-bond donors (Lipinski definition) is 14. The molecule has 21 aliphatic rings. The molecule has 21 aliphatic heterocycles. The molecule has 21 heterocycles. The third kappa shape index (κ3) is 32.3. The normalized spacial score (nSPS) is 42.1. The van der Waals surface area contributed by atoms with Crippen molar-refractivity contribution in [2.75, 3.05) is 46.2 Å². The molecule has 0 spiro atoms. The first-order valence-corrected chi connectivity index (χ1v) is 38.4. The molecular weight excluding hydrogens is 1790 g/mol. The fourth-order valence-corrected chi connectivity index (χ4v) is 13.5. The molecule has 0 aromatic carbocycles. The molecule has 0 saturated carbocycles. The van der Waals surface area contributed by atoms with E-state index in [1.807, 2.05) is 0 Å². The maximum absolute atomic E-state index is 11.8. The Labute approximate surface area is 788 Å². The van der Waals surface area contributed by atoms with Crippen LogP contribution >= 0.6 is 0 Å². The number of ether oxygens (including phenoxy) is 14. The summed E-state index contributed by atoms with van der Waals surface area (Å²) in [5.41, 5.74) is 0. The number of aliphatic hydroxyl groups excluding tert-OH is 14. The van der Waals surface area contributed by atoms with Gasteiger partial charge in [0.2, 0.25) is 72.8 Å². The molecule has 70 heteroatoms. The van der Waals surface area contributed by atoms with Crippen LogP contribution in [0.4, 0.5) is 0 Å². The maximum atomic E-state index is 11.8. The second kappa shape index (κ2) is 47.3. The molecule has 21 rings (SSSR count). The molecular formula is C42H63Na7O56S7. The average Bonchev–Trinajstić information content (AvgIpc) is 0.779. The van der Waals surface area contributed by atoms with Gasteiger partial charge in [-0.1, -0.05) is 0 Å². The van der Waals surface area contributed by atoms with Crippen molar-refractivity contribution in [3.8, 4) is 0 Å². The summed E-state index contributed by atoms with van der Waals surface area (Å²) in [6, 6.07) is 0. The predicted molar refractivity (Wildman–Crippen MR) is 288 cm³/mol. The first-order valence-electron chi connectivity index (χ1n) is 29.1. The Hall–Kier alpha value is 4.97. The van der Waals surface area contributed by atoms with E-state index in [9.17, 15) is 162 Å². The first kappa shape index (κ1) is 115. The van der Waals surface area contributed by atoms with Gasteiger partial charge in [-0.25, -0.2) is 58.9 Å². The second-order valence-electron chi connectivity index (χ2n) is 23.2. The third-order valence-corrected chi connectivity index (χ3v) is 19.1. The third-order valence-electron chi connectivity index (χ3n) is 16.2. The minimum absolute atomic E-state index is 0. The predicted octanol–water partition coefficient (Wildman–Crippen LogP) is -39.8. The summed E-state index contributed by atoms with van der Waals surface area (Å²) in [5, 5.41) is 162. The molecule has 112 heavy (non-hydrogen) atoms. The van der Waals surface area contributed by atoms with Crippen molar-refractivity contribution in [1.29, 1.82) is 0 Å². The van der Waals surface area contributed by atoms with E-state index in [4.69, 9.17) is 66.3 Å². The van der Waals surface area contributed by atoms with E-state index >= 15 is 0 Å². The average molecular weight is 1850 g/mol. The van der Waals surface area contributed by atoms with E-state index in [2.05, 4.69) is 29.3 Å². The summed E-state index contributed by atoms with van der Waals surface area (Å²) in [5.74, 6) is 0. The van der Waals surface area contributed by atoms with Gasteiger partial charge in [0.15, 0.2) is 44.0 Å². The van der Waals surface area contributed by atoms with Gasteiger partial charge in [0, 0.05) is 0 Å². The van der Waals surface area contributed by atoms with Crippen molar-refractivity contribution >= 4 is 72.8 Å². The Balaban J connectivity index is 0.00000896. The SMILES string of the molecule is O=S(=O)([O-])OCC1O[C@@H]2O[C@@H]3C(COS(=O)(=O)[O-])O[C@H](O[C@@H]4C(COS(=O)(=O)[O-])O[C@H](O[C@@H]5C(COS(=O)(=O)[O-])O[C@@H](O[C@@H]6C(COS(=O)(=O)[O-])O[C@H](O[C@@H]7C(COS(=O)(=O)[O-])O[C@H](O[C@@H]8C(COS(=O)(=O)[O-])O[C@H](O[C@H]1C(O)C2O)C(O)C8O)C(O)C7O)C(O)C6O)C(O)C5O)C(O)C4O)C(O)C3O.[Na+].[Na+].[Na+].[Na+].[Na+].[Na+].[Na+]. The van der Waals surface area contributed by atoms with Crippen LogP contribution in [-0.4, -0.2) is 423 Å². The summed E-state index contributed by atoms with van der Waals surface area (Å²) >= 11 is 0. The van der Waals surface area contributed by atoms with E-state index in [-0.39, 0.29) is 207 Å². The second-order valence-corrected chi connectivity index (χ2v) is 30.6. The zero-order valence-corrected chi connectivity index (χ0v) is 78.1. The fourth-order valence-electron chi connectivity index (χ4n) is 11.4. The van der Waals surface area contributed by atoms with E-state index in [1.165, 1.54) is 0 Å². The quantitative estimate of drug-likeness (QED) is 0.0288. The van der Waals surface area contributed by atoms with Crippen LogP contribution in [-0.2, 0) is 168 Å². The summed E-state index contributed by atoms with van der Waals surface area (Å²) in [4.78, 5) is 0. The van der Waals surface area contributed by atoms with Crippen molar-refractivity contribution in [2.45, 2.75) is 215 Å². The molecule has 0 amide bonds. The Morgan fingerprint density at radius 3 is 0.348 bits per heavy atom. The van der Waals surface area contributed by atoms with Crippen LogP contribution < -0.4 is 207 Å². The topological polar surface area (TPSA) is 877 Å². The largest absolute Gasteiger partial charge is 1.00 e. The van der Waals surface area contributed by atoms with Gasteiger partial charge in [-0.15, -0.1) is 0 Å². The summed E-state index contributed by atoms with van der Waals surface area (Å²) in [7, 11) is -41.6. The number of hydrogen-bond acceptors (Lipinski definition) is 56. The minimum Gasteiger partial charge on any atom is -0.726 e. The zero-order valence-electron chi connectivity index (χ0n) is 58.4. The van der Waals surface area contributed by atoms with Crippen LogP contribution in [0.5, 0.6) is 0 Å². The van der Waals surface area contributed by atoms with Crippen LogP contribution in [0.15, 0.2) is 0 Å². The van der Waals surface area contributed by atoms with Gasteiger partial charge in [-0.3, -0.25) is 29.3 Å². The van der Waals surface area contributed by atoms with Crippen molar-refractivity contribution in [3.05, 3.63) is 0 Å². The molecule has 0 aromatic rings. The van der Waals surface area contributed by atoms with E-state index < -0.39 is 334 Å². The molecule has 21 unspecified atom stereocenters. The van der Waals surface area contributed by atoms with Gasteiger partial charge in [0.1, 0.15) is 171 Å². The summed E-state index contributed by atoms with van der Waals surface area (Å²) < 4.78 is 355. The molecule has 14 N–H and O–H groups in total. The Morgan fingerprint density at radius 2 is 0.268 bits per heavy atom. The Kier molecular flexibility index (Phi) is 48.6. The van der Waals surface area contributed by atoms with Gasteiger partial charge < -0.3 is 170 Å². The van der Waals surface area contributed by atoms with Crippen molar-refractivity contribution in [3.63, 3.8) is 0 Å². The van der Waals surface area contributed by atoms with Gasteiger partial charge in [0.05, 0.1) is 46.2 Å².